The van der Waals surface area contributed by atoms with Gasteiger partial charge in [0.15, 0.2) is 0 Å². The predicted molar refractivity (Wildman–Crippen MR) is 230 cm³/mol. The number of aliphatic hydroxyl groups is 1. The number of amides is 4. The van der Waals surface area contributed by atoms with E-state index in [1.807, 2.05) is 0 Å². The molecule has 0 saturated heterocycles. The molecule has 0 aliphatic heterocycles. The Labute approximate surface area is 337 Å². The molecule has 0 aliphatic carbocycles. The highest BCUT2D eigenvalue weighted by molar-refractivity contribution is 5.74. The van der Waals surface area contributed by atoms with Gasteiger partial charge in [0.25, 0.3) is 0 Å². The largest absolute Gasteiger partial charge is 0.480 e. The van der Waals surface area contributed by atoms with Crippen molar-refractivity contribution >= 4 is 29.6 Å². The SMILES string of the molecule is CCCCCCCCCC(N)=O.CCCCCCCCCC(N)=O.CCCCCCCCCC(N)=O.CCCCCCCCCC(N)=O.NC(CO)C(=O)O. The van der Waals surface area contributed by atoms with Crippen molar-refractivity contribution in [1.29, 1.82) is 0 Å². The van der Waals surface area contributed by atoms with Crippen LogP contribution in [0.15, 0.2) is 0 Å². The Balaban J connectivity index is -0.000000191. The molecule has 0 radical (unpaired) electrons. The quantitative estimate of drug-likeness (QED) is 0.0309. The molecule has 0 rings (SSSR count). The maximum Gasteiger partial charge on any atom is 0.322 e. The number of carbonyl (C=O) groups excluding carboxylic acids is 4. The fourth-order valence-electron chi connectivity index (χ4n) is 5.10. The third-order valence-corrected chi connectivity index (χ3v) is 8.62. The average molecular weight is 790 g/mol. The lowest BCUT2D eigenvalue weighted by Gasteiger charge is -1.98. The lowest BCUT2D eigenvalue weighted by molar-refractivity contribution is -0.139. The zero-order chi connectivity index (χ0) is 42.8. The smallest absolute Gasteiger partial charge is 0.322 e. The highest BCUT2D eigenvalue weighted by atomic mass is 16.4. The number of carboxylic acids is 1. The Morgan fingerprint density at radius 1 is 0.364 bits per heavy atom. The van der Waals surface area contributed by atoms with Gasteiger partial charge in [-0.2, -0.15) is 0 Å². The van der Waals surface area contributed by atoms with Crippen LogP contribution in [0.5, 0.6) is 0 Å². The molecule has 0 heterocycles. The van der Waals surface area contributed by atoms with Crippen LogP contribution in [0.2, 0.25) is 0 Å². The summed E-state index contributed by atoms with van der Waals surface area (Å²) in [6, 6.07) is -1.13. The maximum absolute atomic E-state index is 10.4. The van der Waals surface area contributed by atoms with Gasteiger partial charge in [-0.15, -0.1) is 0 Å². The number of hydrogen-bond acceptors (Lipinski definition) is 7. The molecule has 0 bridgehead atoms. The van der Waals surface area contributed by atoms with Gasteiger partial charge in [-0.1, -0.05) is 182 Å². The van der Waals surface area contributed by atoms with E-state index < -0.39 is 18.6 Å². The van der Waals surface area contributed by atoms with Gasteiger partial charge in [0.2, 0.25) is 23.6 Å². The predicted octanol–water partition coefficient (Wildman–Crippen LogP) is 8.84. The van der Waals surface area contributed by atoms with E-state index in [2.05, 4.69) is 27.7 Å². The number of hydrogen-bond donors (Lipinski definition) is 7. The molecular formula is C43H91N5O7. The highest BCUT2D eigenvalue weighted by Gasteiger charge is 2.07. The number of nitrogens with two attached hydrogens (primary N) is 5. The van der Waals surface area contributed by atoms with E-state index >= 15 is 0 Å². The van der Waals surface area contributed by atoms with E-state index in [0.29, 0.717) is 25.7 Å². The number of rotatable bonds is 34. The number of unbranched alkanes of at least 4 members (excludes halogenated alkanes) is 24. The van der Waals surface area contributed by atoms with Crippen LogP contribution in [0.3, 0.4) is 0 Å². The van der Waals surface area contributed by atoms with Gasteiger partial charge < -0.3 is 38.9 Å². The second-order valence-corrected chi connectivity index (χ2v) is 14.5. The third kappa shape index (κ3) is 80.7. The lowest BCUT2D eigenvalue weighted by Crippen LogP contribution is -2.33. The first kappa shape index (κ1) is 61.5. The highest BCUT2D eigenvalue weighted by Crippen LogP contribution is 2.10. The summed E-state index contributed by atoms with van der Waals surface area (Å²) in [5.41, 5.74) is 24.8. The van der Waals surface area contributed by atoms with Gasteiger partial charge >= 0.3 is 5.97 Å². The summed E-state index contributed by atoms with van der Waals surface area (Å²) >= 11 is 0. The van der Waals surface area contributed by atoms with Crippen LogP contribution < -0.4 is 28.7 Å². The van der Waals surface area contributed by atoms with Crippen LogP contribution >= 0.6 is 0 Å². The summed E-state index contributed by atoms with van der Waals surface area (Å²) < 4.78 is 0. The van der Waals surface area contributed by atoms with E-state index in [9.17, 15) is 24.0 Å². The lowest BCUT2D eigenvalue weighted by atomic mass is 10.1. The van der Waals surface area contributed by atoms with Crippen LogP contribution in [0, 0.1) is 0 Å². The number of carbonyl (C=O) groups is 5. The van der Waals surface area contributed by atoms with Crippen LogP contribution in [-0.2, 0) is 24.0 Å². The first-order valence-electron chi connectivity index (χ1n) is 22.0. The molecule has 0 spiro atoms. The van der Waals surface area contributed by atoms with Crippen LogP contribution in [0.1, 0.15) is 233 Å². The molecule has 1 unspecified atom stereocenters. The van der Waals surface area contributed by atoms with Gasteiger partial charge in [-0.05, 0) is 25.7 Å². The Morgan fingerprint density at radius 2 is 0.527 bits per heavy atom. The van der Waals surface area contributed by atoms with Crippen molar-refractivity contribution in [3.8, 4) is 0 Å². The summed E-state index contributed by atoms with van der Waals surface area (Å²) in [6.45, 7) is 8.36. The normalized spacial score (nSPS) is 10.5. The van der Waals surface area contributed by atoms with Gasteiger partial charge in [0.1, 0.15) is 6.04 Å². The average Bonchev–Trinajstić information content (AvgIpc) is 3.13. The molecular weight excluding hydrogens is 699 g/mol. The zero-order valence-corrected chi connectivity index (χ0v) is 36.2. The Hall–Kier alpha value is -2.73. The molecule has 12 heteroatoms. The Bertz CT molecular complexity index is 719. The fourth-order valence-corrected chi connectivity index (χ4v) is 5.10. The topological polar surface area (TPSA) is 256 Å². The van der Waals surface area contributed by atoms with Crippen molar-refractivity contribution in [2.75, 3.05) is 6.61 Å². The monoisotopic (exact) mass is 790 g/mol. The minimum absolute atomic E-state index is 0.163. The van der Waals surface area contributed by atoms with Crippen molar-refractivity contribution in [1.82, 2.24) is 0 Å². The fraction of sp³-hybridized carbons (Fsp3) is 0.884. The summed E-state index contributed by atoms with van der Waals surface area (Å²) in [5.74, 6) is -1.83. The maximum atomic E-state index is 10.4. The number of carboxylic acid groups (broad SMARTS) is 1. The second kappa shape index (κ2) is 55.6. The van der Waals surface area contributed by atoms with E-state index in [4.69, 9.17) is 38.9 Å². The molecule has 12 N–H and O–H groups in total. The molecule has 0 aromatic heterocycles. The third-order valence-electron chi connectivity index (χ3n) is 8.62. The molecule has 0 aromatic rings. The molecule has 0 fully saturated rings. The first-order chi connectivity index (χ1) is 26.3. The van der Waals surface area contributed by atoms with Gasteiger partial charge in [0.05, 0.1) is 6.61 Å². The molecule has 12 nitrogen and oxygen atoms in total. The van der Waals surface area contributed by atoms with E-state index in [-0.39, 0.29) is 23.6 Å². The van der Waals surface area contributed by atoms with E-state index in [1.54, 1.807) is 0 Å². The van der Waals surface area contributed by atoms with Crippen molar-refractivity contribution in [2.45, 2.75) is 239 Å². The Morgan fingerprint density at radius 3 is 0.636 bits per heavy atom. The summed E-state index contributed by atoms with van der Waals surface area (Å²) in [4.78, 5) is 51.1. The van der Waals surface area contributed by atoms with Crippen molar-refractivity contribution in [3.05, 3.63) is 0 Å². The second-order valence-electron chi connectivity index (χ2n) is 14.5. The molecule has 0 aromatic carbocycles. The molecule has 4 amide bonds. The standard InChI is InChI=1S/4C10H21NO.C3H7NO3/c4*1-2-3-4-5-6-7-8-9-10(11)12;4-2(1-5)3(6)7/h4*2-9H2,1H3,(H2,11,12);2,5H,1,4H2,(H,6,7). The molecule has 330 valence electrons. The number of primary amides is 4. The zero-order valence-electron chi connectivity index (χ0n) is 36.2. The van der Waals surface area contributed by atoms with Gasteiger partial charge in [-0.3, -0.25) is 24.0 Å². The van der Waals surface area contributed by atoms with Crippen LogP contribution in [0.4, 0.5) is 0 Å². The molecule has 1 atom stereocenters. The van der Waals surface area contributed by atoms with Crippen molar-refractivity contribution < 1.29 is 34.2 Å². The number of aliphatic hydroxyl groups excluding tert-OH is 1. The minimum atomic E-state index is -1.18. The van der Waals surface area contributed by atoms with Crippen molar-refractivity contribution in [2.24, 2.45) is 28.7 Å². The van der Waals surface area contributed by atoms with Crippen LogP contribution in [-0.4, -0.2) is 52.5 Å². The molecule has 0 saturated carbocycles. The summed E-state index contributed by atoms with van der Waals surface area (Å²) in [6.07, 6.45) is 37.0. The van der Waals surface area contributed by atoms with Gasteiger partial charge in [0, 0.05) is 25.7 Å². The summed E-state index contributed by atoms with van der Waals surface area (Å²) in [7, 11) is 0. The van der Waals surface area contributed by atoms with Crippen LogP contribution in [0.25, 0.3) is 0 Å². The van der Waals surface area contributed by atoms with Gasteiger partial charge in [-0.25, -0.2) is 0 Å². The van der Waals surface area contributed by atoms with Crippen molar-refractivity contribution in [3.63, 3.8) is 0 Å². The number of aliphatic carboxylic acids is 1. The molecule has 55 heavy (non-hydrogen) atoms. The molecule has 0 aliphatic rings. The minimum Gasteiger partial charge on any atom is -0.480 e. The summed E-state index contributed by atoms with van der Waals surface area (Å²) in [5, 5.41) is 15.9. The first-order valence-corrected chi connectivity index (χ1v) is 22.0. The van der Waals surface area contributed by atoms with E-state index in [0.717, 1.165) is 51.4 Å². The van der Waals surface area contributed by atoms with E-state index in [1.165, 1.54) is 128 Å². The Kier molecular flexibility index (Phi) is 62.2.